The van der Waals surface area contributed by atoms with Crippen molar-refractivity contribution in [1.82, 2.24) is 13.7 Å². The minimum absolute atomic E-state index is 0.137. The summed E-state index contributed by atoms with van der Waals surface area (Å²) >= 11 is 0. The first kappa shape index (κ1) is 22.7. The van der Waals surface area contributed by atoms with Gasteiger partial charge in [-0.3, -0.25) is 13.9 Å². The summed E-state index contributed by atoms with van der Waals surface area (Å²) in [5.41, 5.74) is 5.17. The minimum Gasteiger partial charge on any atom is -0.508 e. The molecular formula is C29H26N4O4. The Balaban J connectivity index is 1.84. The Morgan fingerprint density at radius 2 is 1.68 bits per heavy atom. The SMILES string of the molecule is COc1ccc(-c2c3c(=O)n(C)c(=O)n(C)c3c3n2-c2ccccc2N[C@@H]3c2ccc(C)cc2O)cc1. The fourth-order valence-electron chi connectivity index (χ4n) is 5.37. The zero-order valence-corrected chi connectivity index (χ0v) is 20.9. The maximum absolute atomic E-state index is 13.7. The Hall–Kier alpha value is -4.72. The van der Waals surface area contributed by atoms with Crippen molar-refractivity contribution >= 4 is 16.6 Å². The first-order valence-electron chi connectivity index (χ1n) is 12.0. The van der Waals surface area contributed by atoms with Gasteiger partial charge in [-0.2, -0.15) is 0 Å². The fourth-order valence-corrected chi connectivity index (χ4v) is 5.37. The average molecular weight is 495 g/mol. The predicted octanol–water partition coefficient (Wildman–Crippen LogP) is 4.23. The zero-order valence-electron chi connectivity index (χ0n) is 20.9. The van der Waals surface area contributed by atoms with E-state index in [0.717, 1.165) is 27.1 Å². The smallest absolute Gasteiger partial charge is 0.331 e. The van der Waals surface area contributed by atoms with E-state index in [9.17, 15) is 14.7 Å². The Morgan fingerprint density at radius 3 is 2.38 bits per heavy atom. The summed E-state index contributed by atoms with van der Waals surface area (Å²) in [5, 5.41) is 15.0. The van der Waals surface area contributed by atoms with Crippen molar-refractivity contribution in [1.29, 1.82) is 0 Å². The van der Waals surface area contributed by atoms with E-state index in [2.05, 4.69) is 5.32 Å². The molecule has 0 aliphatic carbocycles. The Morgan fingerprint density at radius 1 is 0.946 bits per heavy atom. The number of aryl methyl sites for hydroxylation is 2. The van der Waals surface area contributed by atoms with Crippen LogP contribution in [0.5, 0.6) is 11.5 Å². The van der Waals surface area contributed by atoms with Gasteiger partial charge in [-0.05, 0) is 60.5 Å². The molecule has 2 aromatic heterocycles. The number of hydrogen-bond acceptors (Lipinski definition) is 5. The fraction of sp³-hybridized carbons (Fsp3) is 0.172. The first-order chi connectivity index (χ1) is 17.8. The standard InChI is InChI=1S/C29H26N4O4/c1-16-9-14-19(22(34)15-16)24-27-26-23(28(35)32(3)29(36)31(26)2)25(17-10-12-18(37-4)13-11-17)33(27)21-8-6-5-7-20(21)30-24/h5-15,24,30,34H,1-4H3/t24-/m1/s1. The van der Waals surface area contributed by atoms with Crippen LogP contribution in [0.15, 0.2) is 76.3 Å². The van der Waals surface area contributed by atoms with E-state index in [4.69, 9.17) is 4.74 Å². The Bertz CT molecular complexity index is 1830. The van der Waals surface area contributed by atoms with Crippen LogP contribution in [-0.2, 0) is 14.1 Å². The van der Waals surface area contributed by atoms with Crippen molar-refractivity contribution in [3.8, 4) is 28.4 Å². The second kappa shape index (κ2) is 8.16. The molecule has 186 valence electrons. The van der Waals surface area contributed by atoms with Crippen LogP contribution < -0.4 is 21.3 Å². The van der Waals surface area contributed by atoms with Crippen LogP contribution in [0.3, 0.4) is 0 Å². The van der Waals surface area contributed by atoms with Gasteiger partial charge in [-0.1, -0.05) is 24.3 Å². The summed E-state index contributed by atoms with van der Waals surface area (Å²) in [5.74, 6) is 0.834. The summed E-state index contributed by atoms with van der Waals surface area (Å²) in [6, 6.07) is 20.4. The number of benzene rings is 3. The lowest BCUT2D eigenvalue weighted by Gasteiger charge is -2.31. The van der Waals surface area contributed by atoms with Crippen LogP contribution in [0.4, 0.5) is 5.69 Å². The van der Waals surface area contributed by atoms with Gasteiger partial charge in [-0.25, -0.2) is 4.79 Å². The number of nitrogens with zero attached hydrogens (tertiary/aromatic N) is 3. The Labute approximate surface area is 212 Å². The van der Waals surface area contributed by atoms with Gasteiger partial charge in [0.05, 0.1) is 46.8 Å². The summed E-state index contributed by atoms with van der Waals surface area (Å²) in [4.78, 5) is 26.9. The highest BCUT2D eigenvalue weighted by atomic mass is 16.5. The molecule has 0 fully saturated rings. The third-order valence-electron chi connectivity index (χ3n) is 7.19. The molecule has 0 unspecified atom stereocenters. The molecule has 1 aliphatic rings. The van der Waals surface area contributed by atoms with E-state index in [1.165, 1.54) is 11.6 Å². The van der Waals surface area contributed by atoms with Crippen molar-refractivity contribution in [3.05, 3.63) is 104 Å². The summed E-state index contributed by atoms with van der Waals surface area (Å²) in [7, 11) is 4.78. The number of aromatic nitrogens is 3. The molecule has 5 aromatic rings. The van der Waals surface area contributed by atoms with E-state index in [1.807, 2.05) is 72.2 Å². The number of phenols is 1. The van der Waals surface area contributed by atoms with Gasteiger partial charge < -0.3 is 19.7 Å². The highest BCUT2D eigenvalue weighted by Gasteiger charge is 2.35. The number of ether oxygens (including phenoxy) is 1. The maximum atomic E-state index is 13.7. The number of methoxy groups -OCH3 is 1. The third kappa shape index (κ3) is 3.22. The molecule has 0 radical (unpaired) electrons. The van der Waals surface area contributed by atoms with Gasteiger partial charge in [0.15, 0.2) is 0 Å². The molecule has 3 aromatic carbocycles. The molecule has 1 atom stereocenters. The average Bonchev–Trinajstić information content (AvgIpc) is 3.27. The van der Waals surface area contributed by atoms with Crippen molar-refractivity contribution in [2.24, 2.45) is 14.1 Å². The molecule has 0 saturated heterocycles. The second-order valence-corrected chi connectivity index (χ2v) is 9.38. The third-order valence-corrected chi connectivity index (χ3v) is 7.19. The number of anilines is 1. The summed E-state index contributed by atoms with van der Waals surface area (Å²) < 4.78 is 10.1. The predicted molar refractivity (Wildman–Crippen MR) is 144 cm³/mol. The Kier molecular flexibility index (Phi) is 5.01. The number of fused-ring (bicyclic) bond motifs is 5. The molecule has 0 bridgehead atoms. The second-order valence-electron chi connectivity index (χ2n) is 9.38. The molecule has 1 aliphatic heterocycles. The van der Waals surface area contributed by atoms with Crippen LogP contribution in [0.25, 0.3) is 27.8 Å². The first-order valence-corrected chi connectivity index (χ1v) is 12.0. The summed E-state index contributed by atoms with van der Waals surface area (Å²) in [6.07, 6.45) is 0. The van der Waals surface area contributed by atoms with Crippen LogP contribution >= 0.6 is 0 Å². The maximum Gasteiger partial charge on any atom is 0.331 e. The van der Waals surface area contributed by atoms with Gasteiger partial charge in [0, 0.05) is 19.7 Å². The zero-order chi connectivity index (χ0) is 26.0. The molecule has 3 heterocycles. The lowest BCUT2D eigenvalue weighted by Crippen LogP contribution is -2.37. The van der Waals surface area contributed by atoms with E-state index in [-0.39, 0.29) is 11.3 Å². The molecule has 0 saturated carbocycles. The van der Waals surface area contributed by atoms with E-state index in [1.54, 1.807) is 20.2 Å². The van der Waals surface area contributed by atoms with Crippen molar-refractivity contribution in [3.63, 3.8) is 0 Å². The van der Waals surface area contributed by atoms with Crippen LogP contribution in [0, 0.1) is 6.92 Å². The number of rotatable bonds is 3. The van der Waals surface area contributed by atoms with Crippen LogP contribution in [0.1, 0.15) is 22.9 Å². The molecular weight excluding hydrogens is 468 g/mol. The molecule has 8 nitrogen and oxygen atoms in total. The largest absolute Gasteiger partial charge is 0.508 e. The normalized spacial score (nSPS) is 14.2. The summed E-state index contributed by atoms with van der Waals surface area (Å²) in [6.45, 7) is 1.92. The van der Waals surface area contributed by atoms with E-state index < -0.39 is 11.7 Å². The van der Waals surface area contributed by atoms with Crippen LogP contribution in [0.2, 0.25) is 0 Å². The molecule has 6 rings (SSSR count). The number of aromatic hydroxyl groups is 1. The monoisotopic (exact) mass is 494 g/mol. The number of phenolic OH excluding ortho intramolecular Hbond substituents is 1. The lowest BCUT2D eigenvalue weighted by molar-refractivity contribution is 0.415. The lowest BCUT2D eigenvalue weighted by atomic mass is 9.97. The van der Waals surface area contributed by atoms with Gasteiger partial charge in [0.25, 0.3) is 5.56 Å². The van der Waals surface area contributed by atoms with E-state index in [0.29, 0.717) is 33.6 Å². The number of nitrogens with one attached hydrogen (secondary N) is 1. The van der Waals surface area contributed by atoms with Gasteiger partial charge in [0.2, 0.25) is 0 Å². The van der Waals surface area contributed by atoms with E-state index >= 15 is 0 Å². The minimum atomic E-state index is -0.525. The molecule has 2 N–H and O–H groups in total. The van der Waals surface area contributed by atoms with Crippen molar-refractivity contribution in [2.45, 2.75) is 13.0 Å². The molecule has 8 heteroatoms. The molecule has 0 amide bonds. The van der Waals surface area contributed by atoms with Gasteiger partial charge >= 0.3 is 5.69 Å². The van der Waals surface area contributed by atoms with Gasteiger partial charge in [0.1, 0.15) is 11.5 Å². The van der Waals surface area contributed by atoms with Gasteiger partial charge in [-0.15, -0.1) is 0 Å². The van der Waals surface area contributed by atoms with Crippen molar-refractivity contribution in [2.75, 3.05) is 12.4 Å². The topological polar surface area (TPSA) is 90.4 Å². The number of para-hydroxylation sites is 2. The quantitative estimate of drug-likeness (QED) is 0.392. The highest BCUT2D eigenvalue weighted by Crippen LogP contribution is 2.46. The van der Waals surface area contributed by atoms with Crippen LogP contribution in [-0.4, -0.2) is 25.9 Å². The molecule has 37 heavy (non-hydrogen) atoms. The van der Waals surface area contributed by atoms with Crippen molar-refractivity contribution < 1.29 is 9.84 Å². The molecule has 0 spiro atoms. The number of hydrogen-bond donors (Lipinski definition) is 2. The highest BCUT2D eigenvalue weighted by molar-refractivity contribution is 5.99.